The molecule has 24 heavy (non-hydrogen) atoms. The number of aromatic hydroxyl groups is 1. The molecule has 2 aromatic rings. The third-order valence-electron chi connectivity index (χ3n) is 3.66. The van der Waals surface area contributed by atoms with E-state index in [2.05, 4.69) is 4.99 Å². The maximum Gasteiger partial charge on any atom is 0.267 e. The summed E-state index contributed by atoms with van der Waals surface area (Å²) in [5, 5.41) is 10.3. The summed E-state index contributed by atoms with van der Waals surface area (Å²) >= 11 is 5.23. The van der Waals surface area contributed by atoms with Crippen LogP contribution in [-0.2, 0) is 13.1 Å². The van der Waals surface area contributed by atoms with E-state index < -0.39 is 5.56 Å². The van der Waals surface area contributed by atoms with Crippen molar-refractivity contribution in [1.29, 1.82) is 0 Å². The predicted octanol–water partition coefficient (Wildman–Crippen LogP) is 3.08. The van der Waals surface area contributed by atoms with Crippen molar-refractivity contribution < 1.29 is 9.90 Å². The van der Waals surface area contributed by atoms with Gasteiger partial charge in [0.15, 0.2) is 10.6 Å². The van der Waals surface area contributed by atoms with Gasteiger partial charge in [-0.05, 0) is 45.1 Å². The van der Waals surface area contributed by atoms with Crippen LogP contribution in [0.3, 0.4) is 0 Å². The Balaban J connectivity index is 2.57. The van der Waals surface area contributed by atoms with Crippen molar-refractivity contribution in [3.05, 3.63) is 50.5 Å². The highest BCUT2D eigenvalue weighted by atomic mass is 32.1. The Bertz CT molecular complexity index is 926. The summed E-state index contributed by atoms with van der Waals surface area (Å²) in [5.74, 6) is -0.272. The van der Waals surface area contributed by atoms with Crippen LogP contribution in [0.4, 0.5) is 5.69 Å². The number of Topliss-reactive ketones (excluding diaryl/α,β-unsaturated/α-hetero) is 1. The van der Waals surface area contributed by atoms with Gasteiger partial charge in [0.05, 0.1) is 5.69 Å². The van der Waals surface area contributed by atoms with E-state index in [4.69, 9.17) is 12.2 Å². The average Bonchev–Trinajstić information content (AvgIpc) is 2.55. The first-order valence-electron chi connectivity index (χ1n) is 7.62. The lowest BCUT2D eigenvalue weighted by Crippen LogP contribution is -2.27. The Hall–Kier alpha value is -2.54. The lowest BCUT2D eigenvalue weighted by Gasteiger charge is -2.13. The van der Waals surface area contributed by atoms with Crippen LogP contribution in [0, 0.1) is 4.77 Å². The standard InChI is InChI=1S/C17H19N3O3S/c1-4-19-15(22)14(16(23)20(5-2)17(19)24)10-18-13-8-6-7-12(9-13)11(3)21/h6-10,22H,4-5H2,1-3H3. The fraction of sp³-hybridized carbons (Fsp3) is 0.294. The number of carbonyl (C=O) groups is 1. The molecule has 0 fully saturated rings. The first kappa shape index (κ1) is 17.8. The SMILES string of the molecule is CCn1c(O)c(C=Nc2cccc(C(C)=O)c2)c(=O)n(CC)c1=S. The number of carbonyl (C=O) groups excluding carboxylic acids is 1. The summed E-state index contributed by atoms with van der Waals surface area (Å²) in [6.07, 6.45) is 1.31. The highest BCUT2D eigenvalue weighted by Gasteiger charge is 2.13. The highest BCUT2D eigenvalue weighted by Crippen LogP contribution is 2.17. The molecule has 0 saturated heterocycles. The van der Waals surface area contributed by atoms with E-state index in [1.807, 2.05) is 13.8 Å². The molecule has 0 aliphatic carbocycles. The first-order chi connectivity index (χ1) is 11.4. The van der Waals surface area contributed by atoms with Crippen LogP contribution < -0.4 is 5.56 Å². The maximum atomic E-state index is 12.5. The molecular formula is C17H19N3O3S. The zero-order chi connectivity index (χ0) is 17.9. The summed E-state index contributed by atoms with van der Waals surface area (Å²) in [7, 11) is 0. The minimum Gasteiger partial charge on any atom is -0.494 e. The molecule has 0 unspecified atom stereocenters. The van der Waals surface area contributed by atoms with E-state index in [1.165, 1.54) is 22.3 Å². The number of nitrogens with zero attached hydrogens (tertiary/aromatic N) is 3. The summed E-state index contributed by atoms with van der Waals surface area (Å²) in [6, 6.07) is 6.75. The van der Waals surface area contributed by atoms with Gasteiger partial charge in [0.25, 0.3) is 5.56 Å². The topological polar surface area (TPSA) is 76.6 Å². The number of rotatable bonds is 5. The minimum absolute atomic E-state index is 0.0671. The van der Waals surface area contributed by atoms with Crippen molar-refractivity contribution in [1.82, 2.24) is 9.13 Å². The molecule has 0 bridgehead atoms. The Kier molecular flexibility index (Phi) is 5.46. The third-order valence-corrected chi connectivity index (χ3v) is 4.10. The Morgan fingerprint density at radius 1 is 1.29 bits per heavy atom. The minimum atomic E-state index is -0.392. The highest BCUT2D eigenvalue weighted by molar-refractivity contribution is 7.71. The van der Waals surface area contributed by atoms with Crippen molar-refractivity contribution in [2.45, 2.75) is 33.9 Å². The summed E-state index contributed by atoms with van der Waals surface area (Å²) in [6.45, 7) is 5.95. The Labute approximate surface area is 144 Å². The fourth-order valence-corrected chi connectivity index (χ4v) is 2.76. The predicted molar refractivity (Wildman–Crippen MR) is 96.2 cm³/mol. The van der Waals surface area contributed by atoms with Crippen molar-refractivity contribution in [2.24, 2.45) is 4.99 Å². The van der Waals surface area contributed by atoms with Gasteiger partial charge in [-0.25, -0.2) is 0 Å². The van der Waals surface area contributed by atoms with Crippen LogP contribution in [-0.4, -0.2) is 26.2 Å². The van der Waals surface area contributed by atoms with Crippen molar-refractivity contribution in [2.75, 3.05) is 0 Å². The zero-order valence-corrected chi connectivity index (χ0v) is 14.6. The molecule has 6 nitrogen and oxygen atoms in total. The number of benzene rings is 1. The Morgan fingerprint density at radius 2 is 1.96 bits per heavy atom. The molecule has 1 heterocycles. The molecule has 0 amide bonds. The lowest BCUT2D eigenvalue weighted by atomic mass is 10.1. The molecule has 0 atom stereocenters. The Morgan fingerprint density at radius 3 is 2.54 bits per heavy atom. The van der Waals surface area contributed by atoms with Crippen molar-refractivity contribution in [3.63, 3.8) is 0 Å². The number of hydrogen-bond donors (Lipinski definition) is 1. The molecule has 0 aliphatic heterocycles. The van der Waals surface area contributed by atoms with Crippen LogP contribution in [0.5, 0.6) is 5.88 Å². The molecule has 0 saturated carbocycles. The monoisotopic (exact) mass is 345 g/mol. The van der Waals surface area contributed by atoms with Gasteiger partial charge < -0.3 is 5.11 Å². The van der Waals surface area contributed by atoms with Crippen molar-refractivity contribution in [3.8, 4) is 5.88 Å². The fourth-order valence-electron chi connectivity index (χ4n) is 2.33. The first-order valence-corrected chi connectivity index (χ1v) is 8.03. The summed E-state index contributed by atoms with van der Waals surface area (Å²) in [4.78, 5) is 28.1. The molecule has 0 spiro atoms. The van der Waals surface area contributed by atoms with Crippen LogP contribution in [0.2, 0.25) is 0 Å². The van der Waals surface area contributed by atoms with Crippen LogP contribution in [0.1, 0.15) is 36.7 Å². The van der Waals surface area contributed by atoms with E-state index >= 15 is 0 Å². The molecule has 1 aromatic heterocycles. The van der Waals surface area contributed by atoms with E-state index in [0.29, 0.717) is 24.3 Å². The third kappa shape index (κ3) is 3.35. The number of ketones is 1. The second-order valence-corrected chi connectivity index (χ2v) is 5.54. The quantitative estimate of drug-likeness (QED) is 0.513. The van der Waals surface area contributed by atoms with Gasteiger partial charge in [0.1, 0.15) is 5.56 Å². The smallest absolute Gasteiger partial charge is 0.267 e. The van der Waals surface area contributed by atoms with E-state index in [9.17, 15) is 14.7 Å². The molecule has 0 radical (unpaired) electrons. The molecule has 1 aromatic carbocycles. The van der Waals surface area contributed by atoms with Crippen LogP contribution >= 0.6 is 12.2 Å². The van der Waals surface area contributed by atoms with Gasteiger partial charge in [0.2, 0.25) is 5.88 Å². The van der Waals surface area contributed by atoms with Gasteiger partial charge in [-0.2, -0.15) is 0 Å². The lowest BCUT2D eigenvalue weighted by molar-refractivity contribution is 0.101. The summed E-state index contributed by atoms with van der Waals surface area (Å²) < 4.78 is 3.16. The van der Waals surface area contributed by atoms with Gasteiger partial charge in [-0.15, -0.1) is 0 Å². The number of aliphatic imine (C=N–C) groups is 1. The normalized spacial score (nSPS) is 11.1. The van der Waals surface area contributed by atoms with Gasteiger partial charge in [0, 0.05) is 24.9 Å². The molecule has 7 heteroatoms. The molecule has 126 valence electrons. The molecule has 2 rings (SSSR count). The van der Waals surface area contributed by atoms with Crippen LogP contribution in [0.15, 0.2) is 34.1 Å². The van der Waals surface area contributed by atoms with Gasteiger partial charge >= 0.3 is 0 Å². The van der Waals surface area contributed by atoms with Crippen molar-refractivity contribution >= 4 is 29.9 Å². The van der Waals surface area contributed by atoms with Gasteiger partial charge in [-0.3, -0.25) is 23.7 Å². The second kappa shape index (κ2) is 7.35. The number of hydrogen-bond acceptors (Lipinski definition) is 5. The van der Waals surface area contributed by atoms with E-state index in [1.54, 1.807) is 24.3 Å². The van der Waals surface area contributed by atoms with E-state index in [-0.39, 0.29) is 22.0 Å². The van der Waals surface area contributed by atoms with E-state index in [0.717, 1.165) is 0 Å². The second-order valence-electron chi connectivity index (χ2n) is 5.18. The molecule has 0 aliphatic rings. The van der Waals surface area contributed by atoms with Crippen LogP contribution in [0.25, 0.3) is 0 Å². The maximum absolute atomic E-state index is 12.5. The average molecular weight is 345 g/mol. The largest absolute Gasteiger partial charge is 0.494 e. The molecule has 1 N–H and O–H groups in total. The molecular weight excluding hydrogens is 326 g/mol. The van der Waals surface area contributed by atoms with Gasteiger partial charge in [-0.1, -0.05) is 12.1 Å². The summed E-state index contributed by atoms with van der Waals surface area (Å²) in [5.41, 5.74) is 0.733. The number of aromatic nitrogens is 2. The zero-order valence-electron chi connectivity index (χ0n) is 13.8.